The van der Waals surface area contributed by atoms with Crippen LogP contribution in [0.1, 0.15) is 47.0 Å². The lowest BCUT2D eigenvalue weighted by Crippen LogP contribution is -1.99. The SMILES string of the molecule is CCc1ccc(C(Cl)c2ccc(Cl)cc2C)cc1CC. The Morgan fingerprint density at radius 1 is 0.950 bits per heavy atom. The van der Waals surface area contributed by atoms with Crippen LogP contribution in [-0.4, -0.2) is 0 Å². The Hall–Kier alpha value is -0.980. The lowest BCUT2D eigenvalue weighted by Gasteiger charge is -2.16. The van der Waals surface area contributed by atoms with Crippen LogP contribution in [0.25, 0.3) is 0 Å². The van der Waals surface area contributed by atoms with Gasteiger partial charge in [0.25, 0.3) is 0 Å². The van der Waals surface area contributed by atoms with Crippen LogP contribution >= 0.6 is 23.2 Å². The van der Waals surface area contributed by atoms with E-state index in [1.54, 1.807) is 0 Å². The molecular weight excluding hydrogens is 287 g/mol. The average Bonchev–Trinajstić information content (AvgIpc) is 2.45. The highest BCUT2D eigenvalue weighted by Gasteiger charge is 2.14. The van der Waals surface area contributed by atoms with Gasteiger partial charge in [-0.05, 0) is 59.7 Å². The molecule has 0 N–H and O–H groups in total. The Kier molecular flexibility index (Phi) is 5.12. The van der Waals surface area contributed by atoms with E-state index in [2.05, 4.69) is 39.0 Å². The fourth-order valence-corrected chi connectivity index (χ4v) is 3.19. The van der Waals surface area contributed by atoms with Crippen molar-refractivity contribution in [2.45, 2.75) is 39.0 Å². The van der Waals surface area contributed by atoms with Crippen LogP contribution in [0.4, 0.5) is 0 Å². The molecule has 0 aliphatic carbocycles. The minimum absolute atomic E-state index is 0.122. The summed E-state index contributed by atoms with van der Waals surface area (Å²) in [6.45, 7) is 6.43. The monoisotopic (exact) mass is 306 g/mol. The second kappa shape index (κ2) is 6.65. The Labute approximate surface area is 131 Å². The Balaban J connectivity index is 2.40. The van der Waals surface area contributed by atoms with Crippen LogP contribution in [0.3, 0.4) is 0 Å². The van der Waals surface area contributed by atoms with Gasteiger partial charge in [0.05, 0.1) is 5.38 Å². The number of hydrogen-bond acceptors (Lipinski definition) is 0. The maximum atomic E-state index is 6.67. The van der Waals surface area contributed by atoms with E-state index in [0.717, 1.165) is 34.6 Å². The molecular formula is C18H20Cl2. The van der Waals surface area contributed by atoms with E-state index in [1.807, 2.05) is 18.2 Å². The molecule has 0 aliphatic heterocycles. The van der Waals surface area contributed by atoms with Crippen molar-refractivity contribution in [2.75, 3.05) is 0 Å². The Morgan fingerprint density at radius 2 is 1.65 bits per heavy atom. The van der Waals surface area contributed by atoms with E-state index in [-0.39, 0.29) is 5.38 Å². The molecule has 0 saturated heterocycles. The van der Waals surface area contributed by atoms with Crippen molar-refractivity contribution in [3.63, 3.8) is 0 Å². The first-order valence-electron chi connectivity index (χ1n) is 7.08. The van der Waals surface area contributed by atoms with Crippen LogP contribution in [0, 0.1) is 6.92 Å². The summed E-state index contributed by atoms with van der Waals surface area (Å²) in [4.78, 5) is 0. The second-order valence-corrected chi connectivity index (χ2v) is 5.97. The molecule has 0 bridgehead atoms. The summed E-state index contributed by atoms with van der Waals surface area (Å²) < 4.78 is 0. The molecule has 1 atom stereocenters. The molecule has 0 spiro atoms. The summed E-state index contributed by atoms with van der Waals surface area (Å²) in [7, 11) is 0. The van der Waals surface area contributed by atoms with E-state index in [4.69, 9.17) is 23.2 Å². The predicted octanol–water partition coefficient (Wildman–Crippen LogP) is 6.10. The standard InChI is InChI=1S/C18H20Cl2/c1-4-13-6-7-15(11-14(13)5-2)18(20)17-9-8-16(19)10-12(17)3/h6-11,18H,4-5H2,1-3H3. The van der Waals surface area contributed by atoms with Crippen LogP contribution in [-0.2, 0) is 12.8 Å². The van der Waals surface area contributed by atoms with Gasteiger partial charge in [-0.2, -0.15) is 0 Å². The highest BCUT2D eigenvalue weighted by atomic mass is 35.5. The van der Waals surface area contributed by atoms with E-state index < -0.39 is 0 Å². The van der Waals surface area contributed by atoms with Crippen molar-refractivity contribution in [1.29, 1.82) is 0 Å². The van der Waals surface area contributed by atoms with Crippen molar-refractivity contribution >= 4 is 23.2 Å². The minimum Gasteiger partial charge on any atom is -0.113 e. The molecule has 2 aromatic rings. The Bertz CT molecular complexity index is 602. The summed E-state index contributed by atoms with van der Waals surface area (Å²) in [5, 5.41) is 0.633. The fraction of sp³-hybridized carbons (Fsp3) is 0.333. The number of alkyl halides is 1. The third kappa shape index (κ3) is 3.19. The highest BCUT2D eigenvalue weighted by molar-refractivity contribution is 6.30. The lowest BCUT2D eigenvalue weighted by atomic mass is 9.95. The molecule has 0 aliphatic rings. The fourth-order valence-electron chi connectivity index (χ4n) is 2.58. The number of hydrogen-bond donors (Lipinski definition) is 0. The largest absolute Gasteiger partial charge is 0.113 e. The number of rotatable bonds is 4. The normalized spacial score (nSPS) is 12.4. The average molecular weight is 307 g/mol. The molecule has 2 heteroatoms. The van der Waals surface area contributed by atoms with Gasteiger partial charge in [-0.15, -0.1) is 11.6 Å². The van der Waals surface area contributed by atoms with Gasteiger partial charge < -0.3 is 0 Å². The molecule has 0 radical (unpaired) electrons. The van der Waals surface area contributed by atoms with Crippen LogP contribution in [0.5, 0.6) is 0 Å². The summed E-state index contributed by atoms with van der Waals surface area (Å²) in [6, 6.07) is 12.5. The van der Waals surface area contributed by atoms with Crippen molar-refractivity contribution in [2.24, 2.45) is 0 Å². The van der Waals surface area contributed by atoms with Crippen molar-refractivity contribution in [3.8, 4) is 0 Å². The van der Waals surface area contributed by atoms with E-state index in [9.17, 15) is 0 Å². The third-order valence-electron chi connectivity index (χ3n) is 3.79. The number of aryl methyl sites for hydroxylation is 3. The highest BCUT2D eigenvalue weighted by Crippen LogP contribution is 2.33. The first-order chi connectivity index (χ1) is 9.56. The van der Waals surface area contributed by atoms with E-state index >= 15 is 0 Å². The first-order valence-corrected chi connectivity index (χ1v) is 7.90. The van der Waals surface area contributed by atoms with Crippen LogP contribution < -0.4 is 0 Å². The summed E-state index contributed by atoms with van der Waals surface area (Å²) in [6.07, 6.45) is 2.11. The van der Waals surface area contributed by atoms with Crippen molar-refractivity contribution in [1.82, 2.24) is 0 Å². The third-order valence-corrected chi connectivity index (χ3v) is 4.51. The van der Waals surface area contributed by atoms with Gasteiger partial charge in [-0.3, -0.25) is 0 Å². The number of halogens is 2. The van der Waals surface area contributed by atoms with Gasteiger partial charge in [0.1, 0.15) is 0 Å². The maximum Gasteiger partial charge on any atom is 0.0838 e. The molecule has 0 saturated carbocycles. The summed E-state index contributed by atoms with van der Waals surface area (Å²) >= 11 is 12.7. The van der Waals surface area contributed by atoms with Crippen molar-refractivity contribution < 1.29 is 0 Å². The predicted molar refractivity (Wildman–Crippen MR) is 89.1 cm³/mol. The van der Waals surface area contributed by atoms with Gasteiger partial charge in [-0.1, -0.05) is 49.7 Å². The molecule has 0 amide bonds. The van der Waals surface area contributed by atoms with E-state index in [1.165, 1.54) is 11.1 Å². The summed E-state index contributed by atoms with van der Waals surface area (Å²) in [5.74, 6) is 0. The van der Waals surface area contributed by atoms with Gasteiger partial charge in [-0.25, -0.2) is 0 Å². The van der Waals surface area contributed by atoms with Crippen LogP contribution in [0.2, 0.25) is 5.02 Å². The zero-order valence-corrected chi connectivity index (χ0v) is 13.7. The Morgan fingerprint density at radius 3 is 2.25 bits per heavy atom. The van der Waals surface area contributed by atoms with Gasteiger partial charge in [0.2, 0.25) is 0 Å². The minimum atomic E-state index is -0.122. The van der Waals surface area contributed by atoms with Crippen molar-refractivity contribution in [3.05, 3.63) is 69.2 Å². The van der Waals surface area contributed by atoms with E-state index in [0.29, 0.717) is 0 Å². The molecule has 0 aromatic heterocycles. The molecule has 20 heavy (non-hydrogen) atoms. The zero-order valence-electron chi connectivity index (χ0n) is 12.2. The molecule has 2 aromatic carbocycles. The first kappa shape index (κ1) is 15.4. The molecule has 2 rings (SSSR count). The molecule has 0 heterocycles. The molecule has 106 valence electrons. The van der Waals surface area contributed by atoms with Gasteiger partial charge in [0.15, 0.2) is 0 Å². The second-order valence-electron chi connectivity index (χ2n) is 5.10. The molecule has 0 nitrogen and oxygen atoms in total. The van der Waals surface area contributed by atoms with Gasteiger partial charge >= 0.3 is 0 Å². The number of benzene rings is 2. The zero-order chi connectivity index (χ0) is 14.7. The smallest absolute Gasteiger partial charge is 0.0838 e. The molecule has 0 fully saturated rings. The quantitative estimate of drug-likeness (QED) is 0.598. The summed E-state index contributed by atoms with van der Waals surface area (Å²) in [5.41, 5.74) is 6.22. The molecule has 1 unspecified atom stereocenters. The topological polar surface area (TPSA) is 0 Å². The lowest BCUT2D eigenvalue weighted by molar-refractivity contribution is 1.01. The van der Waals surface area contributed by atoms with Gasteiger partial charge in [0, 0.05) is 5.02 Å². The maximum absolute atomic E-state index is 6.67. The van der Waals surface area contributed by atoms with Crippen LogP contribution in [0.15, 0.2) is 36.4 Å².